The first-order chi connectivity index (χ1) is 11.5. The molecule has 0 saturated carbocycles. The van der Waals surface area contributed by atoms with E-state index in [0.717, 1.165) is 11.6 Å². The molecule has 6 heteroatoms. The lowest BCUT2D eigenvalue weighted by atomic mass is 10.0. The van der Waals surface area contributed by atoms with Crippen molar-refractivity contribution >= 4 is 11.9 Å². The first-order valence-electron chi connectivity index (χ1n) is 7.17. The van der Waals surface area contributed by atoms with Crippen LogP contribution in [0.4, 0.5) is 4.39 Å². The molecular formula is C18H15FN2O3. The molecule has 0 unspecified atom stereocenters. The summed E-state index contributed by atoms with van der Waals surface area (Å²) >= 11 is 0. The number of hydrogen-bond acceptors (Lipinski definition) is 4. The molecule has 2 rings (SSSR count). The van der Waals surface area contributed by atoms with Crippen LogP contribution in [-0.2, 0) is 16.0 Å². The smallest absolute Gasteiger partial charge is 0.328 e. The number of nitrogens with one attached hydrogen (secondary N) is 1. The lowest BCUT2D eigenvalue weighted by molar-refractivity contribution is -0.142. The van der Waals surface area contributed by atoms with Crippen LogP contribution in [0.3, 0.4) is 0 Å². The molecule has 1 atom stereocenters. The van der Waals surface area contributed by atoms with E-state index < -0.39 is 23.7 Å². The number of hydrogen-bond donors (Lipinski definition) is 1. The van der Waals surface area contributed by atoms with Gasteiger partial charge in [-0.05, 0) is 35.9 Å². The van der Waals surface area contributed by atoms with Crippen molar-refractivity contribution in [3.8, 4) is 6.07 Å². The molecule has 0 aliphatic heterocycles. The van der Waals surface area contributed by atoms with E-state index in [1.165, 1.54) is 25.3 Å². The lowest BCUT2D eigenvalue weighted by Gasteiger charge is -2.16. The molecule has 5 nitrogen and oxygen atoms in total. The summed E-state index contributed by atoms with van der Waals surface area (Å²) in [6.45, 7) is 0. The molecule has 1 amide bonds. The number of rotatable bonds is 5. The number of esters is 1. The Morgan fingerprint density at radius 2 is 1.96 bits per heavy atom. The predicted molar refractivity (Wildman–Crippen MR) is 84.5 cm³/mol. The topological polar surface area (TPSA) is 79.2 Å². The molecule has 0 bridgehead atoms. The summed E-state index contributed by atoms with van der Waals surface area (Å²) in [5.74, 6) is -1.72. The highest BCUT2D eigenvalue weighted by atomic mass is 19.1. The number of ether oxygens (including phenoxy) is 1. The van der Waals surface area contributed by atoms with Crippen LogP contribution >= 0.6 is 0 Å². The number of methoxy groups -OCH3 is 1. The number of carbonyl (C=O) groups is 2. The van der Waals surface area contributed by atoms with Gasteiger partial charge in [0.05, 0.1) is 18.7 Å². The first-order valence-corrected chi connectivity index (χ1v) is 7.17. The summed E-state index contributed by atoms with van der Waals surface area (Å²) in [4.78, 5) is 24.1. The molecule has 0 radical (unpaired) electrons. The average molecular weight is 326 g/mol. The summed E-state index contributed by atoms with van der Waals surface area (Å²) in [7, 11) is 1.22. The van der Waals surface area contributed by atoms with Crippen molar-refractivity contribution in [3.63, 3.8) is 0 Å². The Labute approximate surface area is 138 Å². The SMILES string of the molecule is COC(=O)[C@@H](Cc1ccc(C#N)cc1)NC(=O)c1cccc(F)c1. The molecule has 0 spiro atoms. The zero-order chi connectivity index (χ0) is 17.5. The van der Waals surface area contributed by atoms with E-state index in [9.17, 15) is 14.0 Å². The highest BCUT2D eigenvalue weighted by Crippen LogP contribution is 2.09. The van der Waals surface area contributed by atoms with Crippen molar-refractivity contribution in [2.75, 3.05) is 7.11 Å². The fourth-order valence-electron chi connectivity index (χ4n) is 2.16. The summed E-state index contributed by atoms with van der Waals surface area (Å²) < 4.78 is 17.9. The minimum Gasteiger partial charge on any atom is -0.467 e. The Morgan fingerprint density at radius 1 is 1.25 bits per heavy atom. The van der Waals surface area contributed by atoms with E-state index >= 15 is 0 Å². The van der Waals surface area contributed by atoms with Crippen molar-refractivity contribution in [2.45, 2.75) is 12.5 Å². The summed E-state index contributed by atoms with van der Waals surface area (Å²) in [5.41, 5.74) is 1.37. The number of nitriles is 1. The number of carbonyl (C=O) groups excluding carboxylic acids is 2. The third-order valence-electron chi connectivity index (χ3n) is 3.40. The second-order valence-electron chi connectivity index (χ2n) is 5.07. The summed E-state index contributed by atoms with van der Waals surface area (Å²) in [6, 6.07) is 12.9. The van der Waals surface area contributed by atoms with Crippen molar-refractivity contribution in [2.24, 2.45) is 0 Å². The molecule has 2 aromatic rings. The van der Waals surface area contributed by atoms with Gasteiger partial charge in [-0.2, -0.15) is 5.26 Å². The maximum absolute atomic E-state index is 13.2. The first kappa shape index (κ1) is 17.2. The van der Waals surface area contributed by atoms with E-state index in [2.05, 4.69) is 5.32 Å². The van der Waals surface area contributed by atoms with Gasteiger partial charge in [0.2, 0.25) is 0 Å². The highest BCUT2D eigenvalue weighted by molar-refractivity contribution is 5.96. The summed E-state index contributed by atoms with van der Waals surface area (Å²) in [5, 5.41) is 11.3. The molecule has 0 aromatic heterocycles. The second kappa shape index (κ2) is 7.88. The van der Waals surface area contributed by atoms with Crippen molar-refractivity contribution in [1.29, 1.82) is 5.26 Å². The van der Waals surface area contributed by atoms with E-state index in [1.54, 1.807) is 24.3 Å². The van der Waals surface area contributed by atoms with E-state index in [1.807, 2.05) is 6.07 Å². The molecule has 122 valence electrons. The zero-order valence-electron chi connectivity index (χ0n) is 13.0. The van der Waals surface area contributed by atoms with Gasteiger partial charge < -0.3 is 10.1 Å². The zero-order valence-corrected chi connectivity index (χ0v) is 13.0. The molecular weight excluding hydrogens is 311 g/mol. The van der Waals surface area contributed by atoms with Crippen LogP contribution in [-0.4, -0.2) is 25.0 Å². The molecule has 0 aliphatic rings. The van der Waals surface area contributed by atoms with Gasteiger partial charge in [0.25, 0.3) is 5.91 Å². The Hall–Kier alpha value is -3.20. The van der Waals surface area contributed by atoms with Gasteiger partial charge in [-0.25, -0.2) is 9.18 Å². The molecule has 24 heavy (non-hydrogen) atoms. The maximum atomic E-state index is 13.2. The van der Waals surface area contributed by atoms with Crippen LogP contribution in [0, 0.1) is 17.1 Å². The van der Waals surface area contributed by atoms with Gasteiger partial charge in [0.1, 0.15) is 11.9 Å². The monoisotopic (exact) mass is 326 g/mol. The van der Waals surface area contributed by atoms with Crippen LogP contribution in [0.5, 0.6) is 0 Å². The average Bonchev–Trinajstić information content (AvgIpc) is 2.61. The van der Waals surface area contributed by atoms with Crippen LogP contribution < -0.4 is 5.32 Å². The molecule has 2 aromatic carbocycles. The number of nitrogens with zero attached hydrogens (tertiary/aromatic N) is 1. The third-order valence-corrected chi connectivity index (χ3v) is 3.40. The van der Waals surface area contributed by atoms with Crippen LogP contribution in [0.2, 0.25) is 0 Å². The minimum atomic E-state index is -0.918. The Kier molecular flexibility index (Phi) is 5.63. The van der Waals surface area contributed by atoms with Gasteiger partial charge in [-0.1, -0.05) is 18.2 Å². The maximum Gasteiger partial charge on any atom is 0.328 e. The van der Waals surface area contributed by atoms with Gasteiger partial charge in [-0.3, -0.25) is 4.79 Å². The van der Waals surface area contributed by atoms with Crippen molar-refractivity contribution < 1.29 is 18.7 Å². The van der Waals surface area contributed by atoms with Gasteiger partial charge in [0, 0.05) is 12.0 Å². The fourth-order valence-corrected chi connectivity index (χ4v) is 2.16. The van der Waals surface area contributed by atoms with E-state index in [0.29, 0.717) is 5.56 Å². The van der Waals surface area contributed by atoms with Gasteiger partial charge in [0.15, 0.2) is 0 Å². The molecule has 0 heterocycles. The molecule has 0 aliphatic carbocycles. The number of halogens is 1. The van der Waals surface area contributed by atoms with Gasteiger partial charge in [-0.15, -0.1) is 0 Å². The van der Waals surface area contributed by atoms with E-state index in [4.69, 9.17) is 10.00 Å². The van der Waals surface area contributed by atoms with Crippen molar-refractivity contribution in [3.05, 3.63) is 71.0 Å². The molecule has 0 saturated heterocycles. The van der Waals surface area contributed by atoms with E-state index in [-0.39, 0.29) is 12.0 Å². The van der Waals surface area contributed by atoms with Crippen LogP contribution in [0.15, 0.2) is 48.5 Å². The normalized spacial score (nSPS) is 11.2. The van der Waals surface area contributed by atoms with Crippen LogP contribution in [0.1, 0.15) is 21.5 Å². The quantitative estimate of drug-likeness (QED) is 0.855. The Balaban J connectivity index is 2.14. The number of amides is 1. The standard InChI is InChI=1S/C18H15FN2O3/c1-24-18(23)16(9-12-5-7-13(11-20)8-6-12)21-17(22)14-3-2-4-15(19)10-14/h2-8,10,16H,9H2,1H3,(H,21,22)/t16-/m1/s1. The lowest BCUT2D eigenvalue weighted by Crippen LogP contribution is -2.43. The largest absolute Gasteiger partial charge is 0.467 e. The van der Waals surface area contributed by atoms with Crippen molar-refractivity contribution in [1.82, 2.24) is 5.32 Å². The Bertz CT molecular complexity index is 782. The third kappa shape index (κ3) is 4.40. The number of benzene rings is 2. The molecule has 1 N–H and O–H groups in total. The fraction of sp³-hybridized carbons (Fsp3) is 0.167. The predicted octanol–water partition coefficient (Wildman–Crippen LogP) is 2.21. The summed E-state index contributed by atoms with van der Waals surface area (Å²) in [6.07, 6.45) is 0.194. The Morgan fingerprint density at radius 3 is 2.54 bits per heavy atom. The molecule has 0 fully saturated rings. The minimum absolute atomic E-state index is 0.115. The highest BCUT2D eigenvalue weighted by Gasteiger charge is 2.22. The van der Waals surface area contributed by atoms with Gasteiger partial charge >= 0.3 is 5.97 Å². The second-order valence-corrected chi connectivity index (χ2v) is 5.07. The van der Waals surface area contributed by atoms with Crippen LogP contribution in [0.25, 0.3) is 0 Å².